The number of nitrogens with zero attached hydrogens (tertiary/aromatic N) is 1. The molecule has 4 atom stereocenters. The van der Waals surface area contributed by atoms with Gasteiger partial charge < -0.3 is 19.7 Å². The van der Waals surface area contributed by atoms with Crippen molar-refractivity contribution < 1.29 is 28.1 Å². The second-order valence-corrected chi connectivity index (χ2v) is 10.2. The van der Waals surface area contributed by atoms with Crippen LogP contribution in [0.4, 0.5) is 0 Å². The third-order valence-electron chi connectivity index (χ3n) is 5.94. The first kappa shape index (κ1) is 24.5. The lowest BCUT2D eigenvalue weighted by Crippen LogP contribution is -2.45. The van der Waals surface area contributed by atoms with Gasteiger partial charge in [-0.05, 0) is 30.2 Å². The van der Waals surface area contributed by atoms with Crippen molar-refractivity contribution in [1.29, 1.82) is 0 Å². The number of ether oxygens (including phenoxy) is 2. The number of aliphatic hydroxyl groups is 2. The van der Waals surface area contributed by atoms with Crippen molar-refractivity contribution in [3.05, 3.63) is 102 Å². The number of sulfonamides is 1. The Morgan fingerprint density at radius 3 is 1.79 bits per heavy atom. The van der Waals surface area contributed by atoms with Gasteiger partial charge in [-0.25, -0.2) is 8.42 Å². The Labute approximate surface area is 200 Å². The molecule has 0 amide bonds. The fourth-order valence-corrected chi connectivity index (χ4v) is 5.80. The molecule has 0 aromatic heterocycles. The topological polar surface area (TPSA) is 96.3 Å². The third kappa shape index (κ3) is 5.22. The number of hydrogen-bond acceptors (Lipinski definition) is 6. The summed E-state index contributed by atoms with van der Waals surface area (Å²) in [7, 11) is -4.13. The molecule has 0 spiro atoms. The van der Waals surface area contributed by atoms with E-state index in [9.17, 15) is 18.6 Å². The number of benzene rings is 3. The Bertz CT molecular complexity index is 1150. The summed E-state index contributed by atoms with van der Waals surface area (Å²) in [4.78, 5) is 0.0288. The smallest absolute Gasteiger partial charge is 0.245 e. The van der Waals surface area contributed by atoms with E-state index in [1.54, 1.807) is 12.1 Å². The van der Waals surface area contributed by atoms with Gasteiger partial charge in [-0.3, -0.25) is 0 Å². The predicted molar refractivity (Wildman–Crippen MR) is 127 cm³/mol. The van der Waals surface area contributed by atoms with Gasteiger partial charge in [-0.1, -0.05) is 78.4 Å². The van der Waals surface area contributed by atoms with Gasteiger partial charge in [0.05, 0.1) is 30.8 Å². The molecule has 3 aromatic rings. The van der Waals surface area contributed by atoms with Crippen molar-refractivity contribution in [1.82, 2.24) is 4.31 Å². The van der Waals surface area contributed by atoms with E-state index >= 15 is 0 Å². The highest BCUT2D eigenvalue weighted by Gasteiger charge is 2.55. The molecule has 34 heavy (non-hydrogen) atoms. The fraction of sp³-hybridized carbons (Fsp3) is 0.308. The molecule has 1 heterocycles. The molecule has 7 nitrogen and oxygen atoms in total. The minimum absolute atomic E-state index is 0.0288. The monoisotopic (exact) mass is 483 g/mol. The molecule has 1 aliphatic heterocycles. The maximum absolute atomic E-state index is 13.5. The lowest BCUT2D eigenvalue weighted by atomic mass is 10.1. The average Bonchev–Trinajstić information content (AvgIpc) is 3.14. The number of rotatable bonds is 9. The molecule has 4 rings (SSSR count). The Morgan fingerprint density at radius 1 is 0.794 bits per heavy atom. The molecule has 1 aliphatic rings. The molecule has 1 fully saturated rings. The van der Waals surface area contributed by atoms with Gasteiger partial charge in [-0.2, -0.15) is 4.31 Å². The summed E-state index contributed by atoms with van der Waals surface area (Å²) in [6.07, 6.45) is -3.42. The molecule has 3 aromatic carbocycles. The average molecular weight is 484 g/mol. The van der Waals surface area contributed by atoms with Crippen LogP contribution in [0.1, 0.15) is 16.7 Å². The first-order valence-electron chi connectivity index (χ1n) is 11.1. The maximum atomic E-state index is 13.5. The first-order chi connectivity index (χ1) is 16.4. The van der Waals surface area contributed by atoms with Crippen molar-refractivity contribution >= 4 is 10.0 Å². The van der Waals surface area contributed by atoms with E-state index in [4.69, 9.17) is 9.47 Å². The van der Waals surface area contributed by atoms with Gasteiger partial charge in [0.2, 0.25) is 10.0 Å². The first-order valence-corrected chi connectivity index (χ1v) is 12.6. The summed E-state index contributed by atoms with van der Waals surface area (Å²) < 4.78 is 40.1. The van der Waals surface area contributed by atoms with E-state index in [-0.39, 0.29) is 18.1 Å². The molecule has 1 unspecified atom stereocenters. The van der Waals surface area contributed by atoms with E-state index < -0.39 is 41.1 Å². The van der Waals surface area contributed by atoms with Crippen LogP contribution in [-0.4, -0.2) is 54.0 Å². The largest absolute Gasteiger partial charge is 0.395 e. The molecule has 2 N–H and O–H groups in total. The predicted octanol–water partition coefficient (Wildman–Crippen LogP) is 2.85. The van der Waals surface area contributed by atoms with E-state index in [1.807, 2.05) is 67.6 Å². The Morgan fingerprint density at radius 2 is 1.29 bits per heavy atom. The normalized spacial score (nSPS) is 23.3. The summed E-state index contributed by atoms with van der Waals surface area (Å²) >= 11 is 0. The second-order valence-electron chi connectivity index (χ2n) is 8.33. The SMILES string of the molecule is Cc1ccc(S(=O)(=O)N2C(O)[C@@H](OCc3ccccc3)[C@H](OCc3ccccc3)[C@@H]2CO)cc1. The van der Waals surface area contributed by atoms with Crippen LogP contribution < -0.4 is 0 Å². The van der Waals surface area contributed by atoms with Crippen molar-refractivity contribution in [3.63, 3.8) is 0 Å². The van der Waals surface area contributed by atoms with Gasteiger partial charge in [0.1, 0.15) is 18.4 Å². The minimum Gasteiger partial charge on any atom is -0.395 e. The molecule has 0 aliphatic carbocycles. The maximum Gasteiger partial charge on any atom is 0.245 e. The van der Waals surface area contributed by atoms with Crippen molar-refractivity contribution in [3.8, 4) is 0 Å². The van der Waals surface area contributed by atoms with Gasteiger partial charge in [0, 0.05) is 0 Å². The zero-order chi connectivity index (χ0) is 24.1. The number of aliphatic hydroxyl groups excluding tert-OH is 2. The highest BCUT2D eigenvalue weighted by Crippen LogP contribution is 2.35. The minimum atomic E-state index is -4.13. The highest BCUT2D eigenvalue weighted by atomic mass is 32.2. The van der Waals surface area contributed by atoms with Crippen LogP contribution in [-0.2, 0) is 32.7 Å². The van der Waals surface area contributed by atoms with Crippen LogP contribution in [0, 0.1) is 6.92 Å². The Balaban J connectivity index is 1.64. The quantitative estimate of drug-likeness (QED) is 0.486. The fourth-order valence-electron chi connectivity index (χ4n) is 4.13. The number of hydrogen-bond donors (Lipinski definition) is 2. The van der Waals surface area contributed by atoms with Gasteiger partial charge in [0.15, 0.2) is 0 Å². The molecule has 8 heteroatoms. The molecule has 0 saturated carbocycles. The zero-order valence-electron chi connectivity index (χ0n) is 18.9. The molecule has 180 valence electrons. The second kappa shape index (κ2) is 10.8. The van der Waals surface area contributed by atoms with Gasteiger partial charge >= 0.3 is 0 Å². The van der Waals surface area contributed by atoms with Gasteiger partial charge in [0.25, 0.3) is 0 Å². The van der Waals surface area contributed by atoms with E-state index in [0.717, 1.165) is 21.0 Å². The van der Waals surface area contributed by atoms with Crippen LogP contribution in [0.2, 0.25) is 0 Å². The molecule has 1 saturated heterocycles. The van der Waals surface area contributed by atoms with E-state index in [0.29, 0.717) is 0 Å². The standard InChI is InChI=1S/C26H29NO6S/c1-19-12-14-22(15-13-19)34(30,31)27-23(16-28)24(32-17-20-8-4-2-5-9-20)25(26(27)29)33-18-21-10-6-3-7-11-21/h2-15,23-26,28-29H,16-18H2,1H3/t23-,24+,25-,26?/m0/s1. The lowest BCUT2D eigenvalue weighted by Gasteiger charge is -2.26. The molecular weight excluding hydrogens is 454 g/mol. The summed E-state index contributed by atoms with van der Waals surface area (Å²) in [6.45, 7) is 1.66. The molecule has 0 bridgehead atoms. The van der Waals surface area contributed by atoms with Gasteiger partial charge in [-0.15, -0.1) is 0 Å². The summed E-state index contributed by atoms with van der Waals surface area (Å²) in [5.41, 5.74) is 2.67. The van der Waals surface area contributed by atoms with Crippen LogP contribution in [0.25, 0.3) is 0 Å². The van der Waals surface area contributed by atoms with Crippen LogP contribution in [0.5, 0.6) is 0 Å². The Hall–Kier alpha value is -2.59. The van der Waals surface area contributed by atoms with Crippen LogP contribution >= 0.6 is 0 Å². The van der Waals surface area contributed by atoms with Crippen molar-refractivity contribution in [2.45, 2.75) is 49.5 Å². The van der Waals surface area contributed by atoms with Crippen molar-refractivity contribution in [2.24, 2.45) is 0 Å². The highest BCUT2D eigenvalue weighted by molar-refractivity contribution is 7.89. The van der Waals surface area contributed by atoms with Crippen molar-refractivity contribution in [2.75, 3.05) is 6.61 Å². The Kier molecular flexibility index (Phi) is 7.77. The third-order valence-corrected chi connectivity index (χ3v) is 7.85. The van der Waals surface area contributed by atoms with E-state index in [1.165, 1.54) is 12.1 Å². The molecule has 0 radical (unpaired) electrons. The zero-order valence-corrected chi connectivity index (χ0v) is 19.7. The van der Waals surface area contributed by atoms with Crippen LogP contribution in [0.15, 0.2) is 89.8 Å². The molecular formula is C26H29NO6S. The summed E-state index contributed by atoms with van der Waals surface area (Å²) in [5, 5.41) is 21.4. The van der Waals surface area contributed by atoms with E-state index in [2.05, 4.69) is 0 Å². The lowest BCUT2D eigenvalue weighted by molar-refractivity contribution is -0.111. The summed E-state index contributed by atoms with van der Waals surface area (Å²) in [5.74, 6) is 0. The number of aryl methyl sites for hydroxylation is 1. The van der Waals surface area contributed by atoms with Crippen LogP contribution in [0.3, 0.4) is 0 Å². The summed E-state index contributed by atoms with van der Waals surface area (Å²) in [6, 6.07) is 24.2.